The number of carbonyl (C=O) groups excluding carboxylic acids is 2. The fourth-order valence-electron chi connectivity index (χ4n) is 3.18. The topological polar surface area (TPSA) is 58.6 Å². The largest absolute Gasteiger partial charge is 0.375 e. The molecule has 1 aromatic rings. The molecule has 0 aromatic carbocycles. The molecule has 0 unspecified atom stereocenters. The van der Waals surface area contributed by atoms with Gasteiger partial charge in [0.1, 0.15) is 0 Å². The van der Waals surface area contributed by atoms with Crippen LogP contribution in [0.15, 0.2) is 16.8 Å². The molecule has 1 N–H and O–H groups in total. The lowest BCUT2D eigenvalue weighted by Crippen LogP contribution is -2.41. The summed E-state index contributed by atoms with van der Waals surface area (Å²) in [5, 5.41) is 6.69. The van der Waals surface area contributed by atoms with E-state index in [-0.39, 0.29) is 35.9 Å². The summed E-state index contributed by atoms with van der Waals surface area (Å²) in [5.74, 6) is -0.262. The highest BCUT2D eigenvalue weighted by molar-refractivity contribution is 7.08. The molecule has 2 saturated heterocycles. The quantitative estimate of drug-likeness (QED) is 0.920. The lowest BCUT2D eigenvalue weighted by Gasteiger charge is -2.21. The van der Waals surface area contributed by atoms with Crippen LogP contribution in [0.25, 0.3) is 0 Å². The van der Waals surface area contributed by atoms with E-state index in [2.05, 4.69) is 5.32 Å². The fourth-order valence-corrected chi connectivity index (χ4v) is 3.81. The van der Waals surface area contributed by atoms with Crippen molar-refractivity contribution in [2.75, 3.05) is 13.2 Å². The Hall–Kier alpha value is -1.40. The monoisotopic (exact) mass is 308 g/mol. The summed E-state index contributed by atoms with van der Waals surface area (Å²) < 4.78 is 5.74. The average Bonchev–Trinajstić information content (AvgIpc) is 3.14. The van der Waals surface area contributed by atoms with E-state index < -0.39 is 0 Å². The molecule has 114 valence electrons. The molecule has 2 aliphatic heterocycles. The zero-order chi connectivity index (χ0) is 15.0. The van der Waals surface area contributed by atoms with Crippen LogP contribution in [0.2, 0.25) is 0 Å². The van der Waals surface area contributed by atoms with Crippen molar-refractivity contribution in [3.63, 3.8) is 0 Å². The minimum absolute atomic E-state index is 0.0107. The summed E-state index contributed by atoms with van der Waals surface area (Å²) in [4.78, 5) is 26.7. The van der Waals surface area contributed by atoms with E-state index in [1.165, 1.54) is 11.3 Å². The summed E-state index contributed by atoms with van der Waals surface area (Å²) in [6.45, 7) is 4.94. The molecule has 2 fully saturated rings. The molecule has 0 spiro atoms. The van der Waals surface area contributed by atoms with Gasteiger partial charge in [-0.3, -0.25) is 9.59 Å². The Kier molecular flexibility index (Phi) is 3.99. The molecule has 1 aromatic heterocycles. The summed E-state index contributed by atoms with van der Waals surface area (Å²) in [7, 11) is 0. The van der Waals surface area contributed by atoms with Crippen LogP contribution in [0.3, 0.4) is 0 Å². The highest BCUT2D eigenvalue weighted by Gasteiger charge is 2.50. The number of nitrogens with zero attached hydrogens (tertiary/aromatic N) is 1. The number of likely N-dealkylation sites (tertiary alicyclic amines) is 1. The molecule has 0 saturated carbocycles. The van der Waals surface area contributed by atoms with Crippen LogP contribution in [0.5, 0.6) is 0 Å². The summed E-state index contributed by atoms with van der Waals surface area (Å²) in [6.07, 6.45) is 0.651. The molecule has 0 aliphatic carbocycles. The number of hydrogen-bond donors (Lipinski definition) is 1. The van der Waals surface area contributed by atoms with E-state index in [1.807, 2.05) is 35.6 Å². The van der Waals surface area contributed by atoms with Crippen LogP contribution < -0.4 is 5.32 Å². The minimum atomic E-state index is -0.262. The van der Waals surface area contributed by atoms with Crippen LogP contribution in [-0.4, -0.2) is 48.1 Å². The van der Waals surface area contributed by atoms with Crippen molar-refractivity contribution in [3.05, 3.63) is 22.4 Å². The lowest BCUT2D eigenvalue weighted by molar-refractivity contribution is -0.128. The van der Waals surface area contributed by atoms with Gasteiger partial charge in [-0.25, -0.2) is 0 Å². The number of rotatable bonds is 3. The van der Waals surface area contributed by atoms with Crippen LogP contribution >= 0.6 is 11.3 Å². The van der Waals surface area contributed by atoms with E-state index in [0.717, 1.165) is 6.42 Å². The second-order valence-corrected chi connectivity index (χ2v) is 6.71. The molecule has 0 radical (unpaired) electrons. The number of carbonyl (C=O) groups is 2. The lowest BCUT2D eigenvalue weighted by atomic mass is 10.0. The smallest absolute Gasteiger partial charge is 0.255 e. The average molecular weight is 308 g/mol. The number of nitrogens with one attached hydrogen (secondary N) is 1. The Balaban J connectivity index is 1.78. The van der Waals surface area contributed by atoms with Gasteiger partial charge in [-0.2, -0.15) is 11.3 Å². The molecule has 2 amide bonds. The standard InChI is InChI=1S/C15H20N2O3S/c1-9(2)16-14(18)11-7-17(12-3-5-20-13(11)12)15(19)10-4-6-21-8-10/h4,6,8-9,11-13H,3,5,7H2,1-2H3,(H,16,18)/t11-,12-,13-/m1/s1. The van der Waals surface area contributed by atoms with Gasteiger partial charge in [0.05, 0.1) is 23.6 Å². The van der Waals surface area contributed by atoms with Gasteiger partial charge in [0.25, 0.3) is 5.91 Å². The van der Waals surface area contributed by atoms with Crippen molar-refractivity contribution in [3.8, 4) is 0 Å². The van der Waals surface area contributed by atoms with E-state index >= 15 is 0 Å². The third kappa shape index (κ3) is 2.70. The van der Waals surface area contributed by atoms with Gasteiger partial charge < -0.3 is 15.0 Å². The van der Waals surface area contributed by atoms with E-state index in [1.54, 1.807) is 0 Å². The van der Waals surface area contributed by atoms with E-state index in [4.69, 9.17) is 4.74 Å². The number of ether oxygens (including phenoxy) is 1. The third-order valence-electron chi connectivity index (χ3n) is 4.09. The SMILES string of the molecule is CC(C)NC(=O)[C@@H]1CN(C(=O)c2ccsc2)[C@@H]2CCO[C@@H]21. The Bertz CT molecular complexity index is 529. The van der Waals surface area contributed by atoms with Gasteiger partial charge in [0.2, 0.25) is 5.91 Å². The third-order valence-corrected chi connectivity index (χ3v) is 4.77. The van der Waals surface area contributed by atoms with Crippen molar-refractivity contribution in [1.29, 1.82) is 0 Å². The maximum Gasteiger partial charge on any atom is 0.255 e. The molecule has 6 heteroatoms. The summed E-state index contributed by atoms with van der Waals surface area (Å²) in [6, 6.07) is 1.96. The highest BCUT2D eigenvalue weighted by atomic mass is 32.1. The first-order valence-electron chi connectivity index (χ1n) is 7.33. The second kappa shape index (κ2) is 5.77. The maximum absolute atomic E-state index is 12.6. The molecule has 3 atom stereocenters. The molecular weight excluding hydrogens is 288 g/mol. The molecule has 0 bridgehead atoms. The Labute approximate surface area is 128 Å². The van der Waals surface area contributed by atoms with Gasteiger partial charge in [0, 0.05) is 24.6 Å². The normalized spacial score (nSPS) is 28.0. The van der Waals surface area contributed by atoms with Crippen molar-refractivity contribution >= 4 is 23.2 Å². The maximum atomic E-state index is 12.6. The van der Waals surface area contributed by atoms with E-state index in [0.29, 0.717) is 18.7 Å². The second-order valence-electron chi connectivity index (χ2n) is 5.93. The van der Waals surface area contributed by atoms with Crippen molar-refractivity contribution in [2.45, 2.75) is 38.5 Å². The van der Waals surface area contributed by atoms with Gasteiger partial charge in [0.15, 0.2) is 0 Å². The summed E-state index contributed by atoms with van der Waals surface area (Å²) in [5.41, 5.74) is 0.704. The zero-order valence-corrected chi connectivity index (χ0v) is 13.1. The molecule has 5 nitrogen and oxygen atoms in total. The predicted molar refractivity (Wildman–Crippen MR) is 80.3 cm³/mol. The van der Waals surface area contributed by atoms with Gasteiger partial charge in [-0.15, -0.1) is 0 Å². The predicted octanol–water partition coefficient (Wildman–Crippen LogP) is 1.50. The minimum Gasteiger partial charge on any atom is -0.375 e. The summed E-state index contributed by atoms with van der Waals surface area (Å²) >= 11 is 1.51. The van der Waals surface area contributed by atoms with Gasteiger partial charge >= 0.3 is 0 Å². The number of fused-ring (bicyclic) bond motifs is 1. The Morgan fingerprint density at radius 1 is 1.48 bits per heavy atom. The van der Waals surface area contributed by atoms with Crippen molar-refractivity contribution < 1.29 is 14.3 Å². The Morgan fingerprint density at radius 2 is 2.29 bits per heavy atom. The van der Waals surface area contributed by atoms with Crippen molar-refractivity contribution in [2.24, 2.45) is 5.92 Å². The van der Waals surface area contributed by atoms with Crippen LogP contribution in [0, 0.1) is 5.92 Å². The first-order valence-corrected chi connectivity index (χ1v) is 8.27. The first kappa shape index (κ1) is 14.5. The molecule has 3 rings (SSSR count). The number of hydrogen-bond acceptors (Lipinski definition) is 4. The highest BCUT2D eigenvalue weighted by Crippen LogP contribution is 2.34. The van der Waals surface area contributed by atoms with Crippen molar-refractivity contribution in [1.82, 2.24) is 10.2 Å². The molecular formula is C15H20N2O3S. The van der Waals surface area contributed by atoms with Crippen LogP contribution in [0.4, 0.5) is 0 Å². The van der Waals surface area contributed by atoms with E-state index in [9.17, 15) is 9.59 Å². The number of amides is 2. The van der Waals surface area contributed by atoms with Crippen LogP contribution in [0.1, 0.15) is 30.6 Å². The molecule has 2 aliphatic rings. The molecule has 21 heavy (non-hydrogen) atoms. The Morgan fingerprint density at radius 3 is 2.95 bits per heavy atom. The fraction of sp³-hybridized carbons (Fsp3) is 0.600. The first-order chi connectivity index (χ1) is 10.1. The van der Waals surface area contributed by atoms with Crippen LogP contribution in [-0.2, 0) is 9.53 Å². The molecule has 3 heterocycles. The zero-order valence-electron chi connectivity index (χ0n) is 12.2. The van der Waals surface area contributed by atoms with Gasteiger partial charge in [-0.05, 0) is 31.7 Å². The van der Waals surface area contributed by atoms with Gasteiger partial charge in [-0.1, -0.05) is 0 Å². The number of thiophene rings is 1.